The Morgan fingerprint density at radius 3 is 2.47 bits per heavy atom. The van der Waals surface area contributed by atoms with E-state index in [9.17, 15) is 0 Å². The Balaban J connectivity index is 1.73. The predicted molar refractivity (Wildman–Crippen MR) is 85.3 cm³/mol. The first kappa shape index (κ1) is 13.5. The molecule has 2 fully saturated rings. The zero-order chi connectivity index (χ0) is 13.4. The number of nitrogens with one attached hydrogen (secondary N) is 1. The molecular weight excluding hydrogens is 298 g/mol. The van der Waals surface area contributed by atoms with Gasteiger partial charge in [-0.1, -0.05) is 29.8 Å². The van der Waals surface area contributed by atoms with E-state index in [-0.39, 0.29) is 0 Å². The summed E-state index contributed by atoms with van der Waals surface area (Å²) in [6.07, 6.45) is 5.73. The van der Waals surface area contributed by atoms with Crippen LogP contribution < -0.4 is 5.32 Å². The van der Waals surface area contributed by atoms with Gasteiger partial charge in [0.15, 0.2) is 0 Å². The molecule has 1 nitrogen and oxygen atoms in total. The normalized spacial score (nSPS) is 37.9. The van der Waals surface area contributed by atoms with Crippen molar-refractivity contribution in [3.05, 3.63) is 28.7 Å². The van der Waals surface area contributed by atoms with Crippen LogP contribution in [-0.4, -0.2) is 6.04 Å². The van der Waals surface area contributed by atoms with Crippen molar-refractivity contribution < 1.29 is 0 Å². The van der Waals surface area contributed by atoms with Crippen molar-refractivity contribution in [1.29, 1.82) is 0 Å². The van der Waals surface area contributed by atoms with Crippen molar-refractivity contribution in [3.8, 4) is 0 Å². The molecule has 3 rings (SSSR count). The highest BCUT2D eigenvalue weighted by Gasteiger charge is 2.39. The maximum Gasteiger partial charge on any atom is 0.0343 e. The molecule has 2 saturated carbocycles. The Morgan fingerprint density at radius 2 is 1.74 bits per heavy atom. The summed E-state index contributed by atoms with van der Waals surface area (Å²) >= 11 is 3.51. The van der Waals surface area contributed by atoms with Crippen LogP contribution in [0.2, 0.25) is 0 Å². The molecule has 0 heterocycles. The summed E-state index contributed by atoms with van der Waals surface area (Å²) in [6.45, 7) is 4.87. The van der Waals surface area contributed by atoms with Crippen molar-refractivity contribution in [1.82, 2.24) is 0 Å². The molecule has 5 atom stereocenters. The van der Waals surface area contributed by atoms with E-state index >= 15 is 0 Å². The molecule has 2 aliphatic carbocycles. The molecule has 1 aromatic carbocycles. The van der Waals surface area contributed by atoms with E-state index in [4.69, 9.17) is 0 Å². The second-order valence-electron chi connectivity index (χ2n) is 6.83. The van der Waals surface area contributed by atoms with E-state index in [1.54, 1.807) is 0 Å². The number of anilines is 1. The fourth-order valence-electron chi connectivity index (χ4n) is 4.42. The van der Waals surface area contributed by atoms with E-state index in [2.05, 4.69) is 59.4 Å². The zero-order valence-electron chi connectivity index (χ0n) is 11.9. The van der Waals surface area contributed by atoms with E-state index in [0.29, 0.717) is 6.04 Å². The monoisotopic (exact) mass is 321 g/mol. The van der Waals surface area contributed by atoms with Gasteiger partial charge in [-0.2, -0.15) is 0 Å². The number of hydrogen-bond donors (Lipinski definition) is 1. The van der Waals surface area contributed by atoms with Gasteiger partial charge < -0.3 is 5.32 Å². The van der Waals surface area contributed by atoms with E-state index < -0.39 is 0 Å². The van der Waals surface area contributed by atoms with Gasteiger partial charge in [-0.25, -0.2) is 0 Å². The number of fused-ring (bicyclic) bond motifs is 2. The van der Waals surface area contributed by atoms with Gasteiger partial charge in [0.1, 0.15) is 0 Å². The zero-order valence-corrected chi connectivity index (χ0v) is 13.5. The average Bonchev–Trinajstić information content (AvgIpc) is 2.36. The van der Waals surface area contributed by atoms with Crippen LogP contribution in [0.15, 0.2) is 28.7 Å². The molecule has 19 heavy (non-hydrogen) atoms. The lowest BCUT2D eigenvalue weighted by Crippen LogP contribution is -2.44. The smallest absolute Gasteiger partial charge is 0.0343 e. The van der Waals surface area contributed by atoms with Crippen LogP contribution in [0.3, 0.4) is 0 Å². The average molecular weight is 322 g/mol. The first-order chi connectivity index (χ1) is 9.11. The minimum atomic E-state index is 0.667. The summed E-state index contributed by atoms with van der Waals surface area (Å²) in [4.78, 5) is 0. The third kappa shape index (κ3) is 2.99. The Kier molecular flexibility index (Phi) is 3.88. The third-order valence-electron chi connectivity index (χ3n) is 5.08. The summed E-state index contributed by atoms with van der Waals surface area (Å²) in [5.74, 6) is 3.60. The lowest BCUT2D eigenvalue weighted by atomic mass is 9.63. The summed E-state index contributed by atoms with van der Waals surface area (Å²) in [5.41, 5.74) is 1.27. The quantitative estimate of drug-likeness (QED) is 0.777. The van der Waals surface area contributed by atoms with Gasteiger partial charge in [0, 0.05) is 16.2 Å². The Morgan fingerprint density at radius 1 is 1.00 bits per heavy atom. The molecule has 2 heteroatoms. The van der Waals surface area contributed by atoms with Gasteiger partial charge in [-0.3, -0.25) is 0 Å². The maximum absolute atomic E-state index is 3.81. The summed E-state index contributed by atoms with van der Waals surface area (Å²) in [6, 6.07) is 9.30. The van der Waals surface area contributed by atoms with Crippen LogP contribution in [0.4, 0.5) is 5.69 Å². The predicted octanol–water partition coefficient (Wildman–Crippen LogP) is 5.32. The standard InChI is InChI=1S/C17H24BrN/c1-11-7-13-9-12(2)17(14(8-11)10-13)19-16-5-3-15(18)4-6-16/h3-6,11-14,17,19H,7-10H2,1-2H3. The topological polar surface area (TPSA) is 12.0 Å². The number of rotatable bonds is 2. The van der Waals surface area contributed by atoms with Crippen LogP contribution in [-0.2, 0) is 0 Å². The molecule has 2 bridgehead atoms. The largest absolute Gasteiger partial charge is 0.382 e. The van der Waals surface area contributed by atoms with Crippen molar-refractivity contribution in [2.24, 2.45) is 23.7 Å². The van der Waals surface area contributed by atoms with Crippen LogP contribution in [0.5, 0.6) is 0 Å². The fourth-order valence-corrected chi connectivity index (χ4v) is 4.69. The molecule has 0 aliphatic heterocycles. The molecule has 2 aliphatic rings. The highest BCUT2D eigenvalue weighted by Crippen LogP contribution is 2.45. The van der Waals surface area contributed by atoms with Gasteiger partial charge in [0.05, 0.1) is 0 Å². The van der Waals surface area contributed by atoms with E-state index in [1.165, 1.54) is 31.4 Å². The van der Waals surface area contributed by atoms with Crippen molar-refractivity contribution in [3.63, 3.8) is 0 Å². The molecular formula is C17H24BrN. The molecule has 0 saturated heterocycles. The lowest BCUT2D eigenvalue weighted by molar-refractivity contribution is 0.0964. The van der Waals surface area contributed by atoms with Crippen molar-refractivity contribution in [2.75, 3.05) is 5.32 Å². The van der Waals surface area contributed by atoms with Crippen LogP contribution in [0.1, 0.15) is 39.5 Å². The summed E-state index contributed by atoms with van der Waals surface area (Å²) < 4.78 is 1.15. The Labute approximate surface area is 125 Å². The second-order valence-corrected chi connectivity index (χ2v) is 7.74. The highest BCUT2D eigenvalue weighted by molar-refractivity contribution is 9.10. The molecule has 0 aromatic heterocycles. The van der Waals surface area contributed by atoms with E-state index in [1.807, 2.05) is 0 Å². The van der Waals surface area contributed by atoms with Gasteiger partial charge in [-0.15, -0.1) is 0 Å². The Bertz CT molecular complexity index is 423. The van der Waals surface area contributed by atoms with E-state index in [0.717, 1.165) is 28.1 Å². The summed E-state index contributed by atoms with van der Waals surface area (Å²) in [7, 11) is 0. The van der Waals surface area contributed by atoms with Gasteiger partial charge in [-0.05, 0) is 73.6 Å². The third-order valence-corrected chi connectivity index (χ3v) is 5.61. The number of hydrogen-bond acceptors (Lipinski definition) is 1. The highest BCUT2D eigenvalue weighted by atomic mass is 79.9. The summed E-state index contributed by atoms with van der Waals surface area (Å²) in [5, 5.41) is 3.81. The first-order valence-electron chi connectivity index (χ1n) is 7.64. The van der Waals surface area contributed by atoms with Crippen molar-refractivity contribution in [2.45, 2.75) is 45.6 Å². The molecule has 0 spiro atoms. The van der Waals surface area contributed by atoms with Gasteiger partial charge in [0.25, 0.3) is 0 Å². The molecule has 104 valence electrons. The second kappa shape index (κ2) is 5.47. The molecule has 1 N–H and O–H groups in total. The molecule has 5 unspecified atom stereocenters. The SMILES string of the molecule is CC1CC2CC(C)C(Nc3ccc(Br)cc3)C(C1)C2. The lowest BCUT2D eigenvalue weighted by Gasteiger charge is -2.47. The molecule has 0 amide bonds. The first-order valence-corrected chi connectivity index (χ1v) is 8.43. The Hall–Kier alpha value is -0.500. The molecule has 1 aromatic rings. The van der Waals surface area contributed by atoms with Gasteiger partial charge in [0.2, 0.25) is 0 Å². The minimum Gasteiger partial charge on any atom is -0.382 e. The van der Waals surface area contributed by atoms with Crippen LogP contribution in [0.25, 0.3) is 0 Å². The van der Waals surface area contributed by atoms with Crippen LogP contribution >= 0.6 is 15.9 Å². The number of benzene rings is 1. The minimum absolute atomic E-state index is 0.667. The maximum atomic E-state index is 3.81. The fraction of sp³-hybridized carbons (Fsp3) is 0.647. The van der Waals surface area contributed by atoms with Gasteiger partial charge >= 0.3 is 0 Å². The number of halogens is 1. The van der Waals surface area contributed by atoms with Crippen molar-refractivity contribution >= 4 is 21.6 Å². The molecule has 0 radical (unpaired) electrons. The van der Waals surface area contributed by atoms with Crippen LogP contribution in [0, 0.1) is 23.7 Å².